The van der Waals surface area contributed by atoms with Crippen LogP contribution >= 0.6 is 0 Å². The predicted octanol–water partition coefficient (Wildman–Crippen LogP) is 3.04. The number of benzene rings is 1. The highest BCUT2D eigenvalue weighted by molar-refractivity contribution is 5.92. The van der Waals surface area contributed by atoms with Crippen LogP contribution in [0, 0.1) is 6.92 Å². The quantitative estimate of drug-likeness (QED) is 0.748. The molecular weight excluding hydrogens is 264 g/mol. The van der Waals surface area contributed by atoms with Crippen LogP contribution < -0.4 is 10.2 Å². The van der Waals surface area contributed by atoms with E-state index in [0.717, 1.165) is 37.1 Å². The average molecular weight is 290 g/mol. The molecule has 4 heteroatoms. The maximum absolute atomic E-state index is 11.8. The first kappa shape index (κ1) is 17.2. The van der Waals surface area contributed by atoms with Crippen LogP contribution in [0.4, 0.5) is 5.69 Å². The van der Waals surface area contributed by atoms with Crippen LogP contribution in [0.25, 0.3) is 0 Å². The van der Waals surface area contributed by atoms with E-state index in [4.69, 9.17) is 0 Å². The molecule has 0 saturated heterocycles. The first-order chi connectivity index (χ1) is 10.0. The average Bonchev–Trinajstić information content (AvgIpc) is 2.45. The number of carbonyl (C=O) groups excluding carboxylic acids is 2. The molecule has 0 heterocycles. The zero-order valence-electron chi connectivity index (χ0n) is 13.3. The van der Waals surface area contributed by atoms with Crippen LogP contribution in [-0.2, 0) is 9.59 Å². The molecule has 0 radical (unpaired) electrons. The van der Waals surface area contributed by atoms with E-state index in [0.29, 0.717) is 13.0 Å². The summed E-state index contributed by atoms with van der Waals surface area (Å²) in [5.74, 6) is -0.0397. The van der Waals surface area contributed by atoms with Gasteiger partial charge in [-0.25, -0.2) is 0 Å². The largest absolute Gasteiger partial charge is 0.356 e. The van der Waals surface area contributed by atoms with Crippen molar-refractivity contribution in [2.24, 2.45) is 0 Å². The standard InChI is InChI=1S/C17H26N2O2/c1-4-5-6-12-18-17(21)11-13-19(15(3)20)16-9-7-14(2)8-10-16/h7-10H,4-6,11-13H2,1-3H3,(H,18,21). The lowest BCUT2D eigenvalue weighted by atomic mass is 10.2. The van der Waals surface area contributed by atoms with Crippen LogP contribution in [-0.4, -0.2) is 24.9 Å². The van der Waals surface area contributed by atoms with E-state index in [1.807, 2.05) is 31.2 Å². The highest BCUT2D eigenvalue weighted by atomic mass is 16.2. The molecule has 1 rings (SSSR count). The number of nitrogens with zero attached hydrogens (tertiary/aromatic N) is 1. The van der Waals surface area contributed by atoms with E-state index in [9.17, 15) is 9.59 Å². The second-order valence-electron chi connectivity index (χ2n) is 5.31. The fraction of sp³-hybridized carbons (Fsp3) is 0.529. The number of nitrogens with one attached hydrogen (secondary N) is 1. The minimum Gasteiger partial charge on any atom is -0.356 e. The number of rotatable bonds is 8. The summed E-state index contributed by atoms with van der Waals surface area (Å²) in [4.78, 5) is 25.1. The lowest BCUT2D eigenvalue weighted by Crippen LogP contribution is -2.34. The molecule has 0 fully saturated rings. The number of unbranched alkanes of at least 4 members (excludes halogenated alkanes) is 2. The molecule has 0 saturated carbocycles. The monoisotopic (exact) mass is 290 g/mol. The number of hydrogen-bond acceptors (Lipinski definition) is 2. The summed E-state index contributed by atoms with van der Waals surface area (Å²) in [5.41, 5.74) is 1.99. The maximum Gasteiger partial charge on any atom is 0.223 e. The number of anilines is 1. The van der Waals surface area contributed by atoms with Crippen molar-refractivity contribution in [1.29, 1.82) is 0 Å². The van der Waals surface area contributed by atoms with Crippen LogP contribution in [0.1, 0.15) is 45.1 Å². The van der Waals surface area contributed by atoms with Crippen LogP contribution in [0.3, 0.4) is 0 Å². The van der Waals surface area contributed by atoms with Crippen molar-refractivity contribution in [3.05, 3.63) is 29.8 Å². The Morgan fingerprint density at radius 2 is 1.81 bits per heavy atom. The van der Waals surface area contributed by atoms with Gasteiger partial charge >= 0.3 is 0 Å². The molecule has 4 nitrogen and oxygen atoms in total. The van der Waals surface area contributed by atoms with Crippen molar-refractivity contribution >= 4 is 17.5 Å². The summed E-state index contributed by atoms with van der Waals surface area (Å²) >= 11 is 0. The van der Waals surface area contributed by atoms with E-state index in [1.165, 1.54) is 6.92 Å². The molecule has 1 aromatic rings. The van der Waals surface area contributed by atoms with Crippen molar-refractivity contribution in [3.63, 3.8) is 0 Å². The molecule has 1 N–H and O–H groups in total. The predicted molar refractivity (Wildman–Crippen MR) is 86.4 cm³/mol. The van der Waals surface area contributed by atoms with E-state index < -0.39 is 0 Å². The van der Waals surface area contributed by atoms with Gasteiger partial charge < -0.3 is 10.2 Å². The second-order valence-corrected chi connectivity index (χ2v) is 5.31. The summed E-state index contributed by atoms with van der Waals surface area (Å²) in [7, 11) is 0. The Labute approximate surface area is 127 Å². The lowest BCUT2D eigenvalue weighted by molar-refractivity contribution is -0.121. The normalized spacial score (nSPS) is 10.2. The van der Waals surface area contributed by atoms with Gasteiger partial charge in [0.25, 0.3) is 0 Å². The topological polar surface area (TPSA) is 49.4 Å². The second kappa shape index (κ2) is 9.16. The van der Waals surface area contributed by atoms with Gasteiger partial charge in [0.05, 0.1) is 0 Å². The van der Waals surface area contributed by atoms with Crippen molar-refractivity contribution in [3.8, 4) is 0 Å². The third-order valence-electron chi connectivity index (χ3n) is 3.39. The summed E-state index contributed by atoms with van der Waals surface area (Å²) < 4.78 is 0. The highest BCUT2D eigenvalue weighted by Gasteiger charge is 2.13. The van der Waals surface area contributed by atoms with Crippen LogP contribution in [0.2, 0.25) is 0 Å². The first-order valence-corrected chi connectivity index (χ1v) is 7.66. The Hall–Kier alpha value is -1.84. The number of amides is 2. The highest BCUT2D eigenvalue weighted by Crippen LogP contribution is 2.15. The SMILES string of the molecule is CCCCCNC(=O)CCN(C(C)=O)c1ccc(C)cc1. The van der Waals surface area contributed by atoms with Gasteiger partial charge in [0.1, 0.15) is 0 Å². The smallest absolute Gasteiger partial charge is 0.223 e. The van der Waals surface area contributed by atoms with E-state index in [2.05, 4.69) is 12.2 Å². The maximum atomic E-state index is 11.8. The van der Waals surface area contributed by atoms with Gasteiger partial charge in [-0.15, -0.1) is 0 Å². The van der Waals surface area contributed by atoms with Gasteiger partial charge in [-0.3, -0.25) is 9.59 Å². The molecule has 0 unspecified atom stereocenters. The molecular formula is C17H26N2O2. The number of aryl methyl sites for hydroxylation is 1. The third-order valence-corrected chi connectivity index (χ3v) is 3.39. The zero-order valence-corrected chi connectivity index (χ0v) is 13.3. The van der Waals surface area contributed by atoms with Crippen molar-refractivity contribution < 1.29 is 9.59 Å². The molecule has 116 valence electrons. The lowest BCUT2D eigenvalue weighted by Gasteiger charge is -2.21. The molecule has 0 bridgehead atoms. The molecule has 0 atom stereocenters. The van der Waals surface area contributed by atoms with Gasteiger partial charge in [0.15, 0.2) is 0 Å². The van der Waals surface area contributed by atoms with E-state index >= 15 is 0 Å². The van der Waals surface area contributed by atoms with Gasteiger partial charge in [-0.1, -0.05) is 37.5 Å². The summed E-state index contributed by atoms with van der Waals surface area (Å²) in [6.07, 6.45) is 3.61. The minimum absolute atomic E-state index is 0.00413. The van der Waals surface area contributed by atoms with Crippen LogP contribution in [0.5, 0.6) is 0 Å². The Kier molecular flexibility index (Phi) is 7.51. The molecule has 0 spiro atoms. The fourth-order valence-electron chi connectivity index (χ4n) is 2.10. The summed E-state index contributed by atoms with van der Waals surface area (Å²) in [6, 6.07) is 7.76. The summed E-state index contributed by atoms with van der Waals surface area (Å²) in [6.45, 7) is 6.80. The molecule has 2 amide bonds. The zero-order chi connectivity index (χ0) is 15.7. The van der Waals surface area contributed by atoms with Crippen molar-refractivity contribution in [2.45, 2.75) is 46.5 Å². The first-order valence-electron chi connectivity index (χ1n) is 7.66. The Balaban J connectivity index is 2.46. The molecule has 0 aliphatic rings. The van der Waals surface area contributed by atoms with Gasteiger partial charge in [0, 0.05) is 32.1 Å². The molecule has 0 aliphatic carbocycles. The van der Waals surface area contributed by atoms with Gasteiger partial charge in [-0.2, -0.15) is 0 Å². The van der Waals surface area contributed by atoms with E-state index in [-0.39, 0.29) is 11.8 Å². The van der Waals surface area contributed by atoms with Crippen LogP contribution in [0.15, 0.2) is 24.3 Å². The number of hydrogen-bond donors (Lipinski definition) is 1. The fourth-order valence-corrected chi connectivity index (χ4v) is 2.10. The Morgan fingerprint density at radius 1 is 1.14 bits per heavy atom. The number of carbonyl (C=O) groups is 2. The Morgan fingerprint density at radius 3 is 2.38 bits per heavy atom. The third kappa shape index (κ3) is 6.43. The molecule has 21 heavy (non-hydrogen) atoms. The Bertz CT molecular complexity index is 454. The molecule has 1 aromatic carbocycles. The molecule has 0 aromatic heterocycles. The van der Waals surface area contributed by atoms with E-state index in [1.54, 1.807) is 4.90 Å². The van der Waals surface area contributed by atoms with Crippen molar-refractivity contribution in [1.82, 2.24) is 5.32 Å². The van der Waals surface area contributed by atoms with Gasteiger partial charge in [-0.05, 0) is 25.5 Å². The summed E-state index contributed by atoms with van der Waals surface area (Å²) in [5, 5.41) is 2.90. The molecule has 0 aliphatic heterocycles. The van der Waals surface area contributed by atoms with Gasteiger partial charge in [0.2, 0.25) is 11.8 Å². The van der Waals surface area contributed by atoms with Crippen molar-refractivity contribution in [2.75, 3.05) is 18.0 Å². The minimum atomic E-state index is -0.0439.